The Morgan fingerprint density at radius 1 is 1.35 bits per heavy atom. The maximum atomic E-state index is 11.7. The van der Waals surface area contributed by atoms with Gasteiger partial charge in [0.05, 0.1) is 0 Å². The van der Waals surface area contributed by atoms with Gasteiger partial charge in [-0.2, -0.15) is 0 Å². The average molecular weight is 278 g/mol. The van der Waals surface area contributed by atoms with Crippen molar-refractivity contribution in [1.82, 2.24) is 10.6 Å². The summed E-state index contributed by atoms with van der Waals surface area (Å²) in [7, 11) is 0. The highest BCUT2D eigenvalue weighted by atomic mass is 16.5. The van der Waals surface area contributed by atoms with Crippen LogP contribution in [-0.2, 0) is 11.3 Å². The standard InChI is InChI=1S/C16H26N2O2/c1-4-7-13(3)18-16(19)12-20-15-9-6-8-14(10-15)11-17-5-2/h6,8-10,13,17H,4-5,7,11-12H2,1-3H3,(H,18,19). The summed E-state index contributed by atoms with van der Waals surface area (Å²) in [6, 6.07) is 8.03. The fourth-order valence-electron chi connectivity index (χ4n) is 1.99. The van der Waals surface area contributed by atoms with Gasteiger partial charge in [-0.05, 0) is 37.6 Å². The maximum absolute atomic E-state index is 11.7. The SMILES string of the molecule is CCCC(C)NC(=O)COc1cccc(CNCC)c1. The molecule has 1 rings (SSSR count). The van der Waals surface area contributed by atoms with E-state index >= 15 is 0 Å². The number of hydrogen-bond donors (Lipinski definition) is 2. The summed E-state index contributed by atoms with van der Waals surface area (Å²) in [6.07, 6.45) is 2.05. The summed E-state index contributed by atoms with van der Waals surface area (Å²) in [4.78, 5) is 11.7. The third-order valence-electron chi connectivity index (χ3n) is 2.98. The van der Waals surface area contributed by atoms with E-state index in [2.05, 4.69) is 24.5 Å². The molecule has 0 aliphatic rings. The predicted molar refractivity (Wildman–Crippen MR) is 81.8 cm³/mol. The Morgan fingerprint density at radius 3 is 2.85 bits per heavy atom. The van der Waals surface area contributed by atoms with Crippen LogP contribution in [-0.4, -0.2) is 25.1 Å². The van der Waals surface area contributed by atoms with Crippen LogP contribution in [0, 0.1) is 0 Å². The molecule has 1 amide bonds. The maximum Gasteiger partial charge on any atom is 0.258 e. The molecule has 0 aliphatic heterocycles. The summed E-state index contributed by atoms with van der Waals surface area (Å²) in [5, 5.41) is 6.19. The minimum absolute atomic E-state index is 0.0666. The van der Waals surface area contributed by atoms with Crippen LogP contribution in [0.2, 0.25) is 0 Å². The van der Waals surface area contributed by atoms with Gasteiger partial charge < -0.3 is 15.4 Å². The Labute approximate surface area is 121 Å². The Balaban J connectivity index is 2.39. The number of carbonyl (C=O) groups is 1. The van der Waals surface area contributed by atoms with Crippen LogP contribution < -0.4 is 15.4 Å². The van der Waals surface area contributed by atoms with E-state index in [-0.39, 0.29) is 18.6 Å². The quantitative estimate of drug-likeness (QED) is 0.729. The number of benzene rings is 1. The molecular formula is C16H26N2O2. The third kappa shape index (κ3) is 6.57. The topological polar surface area (TPSA) is 50.4 Å². The smallest absolute Gasteiger partial charge is 0.258 e. The highest BCUT2D eigenvalue weighted by Crippen LogP contribution is 2.13. The minimum Gasteiger partial charge on any atom is -0.484 e. The Kier molecular flexibility index (Phi) is 7.73. The first-order valence-corrected chi connectivity index (χ1v) is 7.37. The molecule has 0 heterocycles. The number of hydrogen-bond acceptors (Lipinski definition) is 3. The molecule has 1 atom stereocenters. The van der Waals surface area contributed by atoms with Crippen molar-refractivity contribution in [2.75, 3.05) is 13.2 Å². The molecule has 1 aromatic carbocycles. The lowest BCUT2D eigenvalue weighted by molar-refractivity contribution is -0.123. The van der Waals surface area contributed by atoms with Gasteiger partial charge >= 0.3 is 0 Å². The van der Waals surface area contributed by atoms with Gasteiger partial charge in [0, 0.05) is 12.6 Å². The fourth-order valence-corrected chi connectivity index (χ4v) is 1.99. The Bertz CT molecular complexity index is 407. The van der Waals surface area contributed by atoms with E-state index in [1.54, 1.807) is 0 Å². The first-order valence-electron chi connectivity index (χ1n) is 7.37. The first-order chi connectivity index (χ1) is 9.65. The second kappa shape index (κ2) is 9.37. The van der Waals surface area contributed by atoms with Crippen molar-refractivity contribution in [3.63, 3.8) is 0 Å². The second-order valence-corrected chi connectivity index (χ2v) is 4.97. The molecule has 0 aliphatic carbocycles. The normalized spacial score (nSPS) is 11.9. The molecule has 0 saturated carbocycles. The van der Waals surface area contributed by atoms with Gasteiger partial charge in [-0.3, -0.25) is 4.79 Å². The largest absolute Gasteiger partial charge is 0.484 e. The average Bonchev–Trinajstić information content (AvgIpc) is 2.43. The van der Waals surface area contributed by atoms with Crippen molar-refractivity contribution in [2.45, 2.75) is 46.2 Å². The number of carbonyl (C=O) groups excluding carboxylic acids is 1. The Hall–Kier alpha value is -1.55. The highest BCUT2D eigenvalue weighted by molar-refractivity contribution is 5.77. The molecule has 0 spiro atoms. The van der Waals surface area contributed by atoms with Crippen LogP contribution >= 0.6 is 0 Å². The van der Waals surface area contributed by atoms with Crippen molar-refractivity contribution in [1.29, 1.82) is 0 Å². The molecule has 4 nitrogen and oxygen atoms in total. The lowest BCUT2D eigenvalue weighted by atomic mass is 10.2. The molecule has 0 bridgehead atoms. The lowest BCUT2D eigenvalue weighted by Crippen LogP contribution is -2.35. The van der Waals surface area contributed by atoms with E-state index in [1.165, 1.54) is 0 Å². The van der Waals surface area contributed by atoms with Gasteiger partial charge in [0.15, 0.2) is 6.61 Å². The van der Waals surface area contributed by atoms with E-state index in [1.807, 2.05) is 31.2 Å². The first kappa shape index (κ1) is 16.5. The number of ether oxygens (including phenoxy) is 1. The van der Waals surface area contributed by atoms with E-state index in [4.69, 9.17) is 4.74 Å². The summed E-state index contributed by atoms with van der Waals surface area (Å²) in [6.45, 7) is 8.00. The highest BCUT2D eigenvalue weighted by Gasteiger charge is 2.07. The zero-order chi connectivity index (χ0) is 14.8. The van der Waals surface area contributed by atoms with E-state index in [0.717, 1.165) is 37.2 Å². The summed E-state index contributed by atoms with van der Waals surface area (Å²) in [5.74, 6) is 0.668. The van der Waals surface area contributed by atoms with Crippen LogP contribution in [0.4, 0.5) is 0 Å². The molecule has 2 N–H and O–H groups in total. The van der Waals surface area contributed by atoms with Gasteiger partial charge in [0.1, 0.15) is 5.75 Å². The molecule has 1 unspecified atom stereocenters. The van der Waals surface area contributed by atoms with Crippen molar-refractivity contribution in [3.8, 4) is 5.75 Å². The molecule has 20 heavy (non-hydrogen) atoms. The number of nitrogens with one attached hydrogen (secondary N) is 2. The molecule has 0 saturated heterocycles. The lowest BCUT2D eigenvalue weighted by Gasteiger charge is -2.13. The molecular weight excluding hydrogens is 252 g/mol. The molecule has 112 valence electrons. The van der Waals surface area contributed by atoms with E-state index in [9.17, 15) is 4.79 Å². The zero-order valence-electron chi connectivity index (χ0n) is 12.7. The minimum atomic E-state index is -0.0666. The van der Waals surface area contributed by atoms with E-state index < -0.39 is 0 Å². The summed E-state index contributed by atoms with van der Waals surface area (Å²) < 4.78 is 5.53. The molecule has 0 fully saturated rings. The van der Waals surface area contributed by atoms with Crippen molar-refractivity contribution < 1.29 is 9.53 Å². The summed E-state index contributed by atoms with van der Waals surface area (Å²) >= 11 is 0. The Morgan fingerprint density at radius 2 is 2.15 bits per heavy atom. The molecule has 0 radical (unpaired) electrons. The van der Waals surface area contributed by atoms with Gasteiger partial charge in [-0.1, -0.05) is 32.4 Å². The van der Waals surface area contributed by atoms with Crippen LogP contribution in [0.3, 0.4) is 0 Å². The van der Waals surface area contributed by atoms with Gasteiger partial charge in [-0.15, -0.1) is 0 Å². The van der Waals surface area contributed by atoms with Crippen molar-refractivity contribution in [3.05, 3.63) is 29.8 Å². The number of amides is 1. The van der Waals surface area contributed by atoms with Gasteiger partial charge in [-0.25, -0.2) is 0 Å². The van der Waals surface area contributed by atoms with Gasteiger partial charge in [0.2, 0.25) is 0 Å². The zero-order valence-corrected chi connectivity index (χ0v) is 12.7. The van der Waals surface area contributed by atoms with Crippen LogP contribution in [0.5, 0.6) is 5.75 Å². The van der Waals surface area contributed by atoms with Gasteiger partial charge in [0.25, 0.3) is 5.91 Å². The van der Waals surface area contributed by atoms with Crippen molar-refractivity contribution in [2.24, 2.45) is 0 Å². The van der Waals surface area contributed by atoms with Crippen LogP contribution in [0.25, 0.3) is 0 Å². The van der Waals surface area contributed by atoms with Crippen molar-refractivity contribution >= 4 is 5.91 Å². The third-order valence-corrected chi connectivity index (χ3v) is 2.98. The monoisotopic (exact) mass is 278 g/mol. The predicted octanol–water partition coefficient (Wildman–Crippen LogP) is 2.48. The van der Waals surface area contributed by atoms with Crippen LogP contribution in [0.1, 0.15) is 39.2 Å². The fraction of sp³-hybridized carbons (Fsp3) is 0.562. The number of rotatable bonds is 9. The molecule has 4 heteroatoms. The van der Waals surface area contributed by atoms with Crippen LogP contribution in [0.15, 0.2) is 24.3 Å². The van der Waals surface area contributed by atoms with E-state index in [0.29, 0.717) is 0 Å². The molecule has 0 aromatic heterocycles. The molecule has 1 aromatic rings. The second-order valence-electron chi connectivity index (χ2n) is 4.97. The summed E-state index contributed by atoms with van der Waals surface area (Å²) in [5.41, 5.74) is 1.16.